The van der Waals surface area contributed by atoms with Crippen LogP contribution in [0.25, 0.3) is 0 Å². The van der Waals surface area contributed by atoms with Gasteiger partial charge >= 0.3 is 0 Å². The first-order valence-electron chi connectivity index (χ1n) is 6.67. The second-order valence-corrected chi connectivity index (χ2v) is 10.5. The Hall–Kier alpha value is -0.653. The molecule has 2 heterocycles. The summed E-state index contributed by atoms with van der Waals surface area (Å²) in [6, 6.07) is 7.42. The highest BCUT2D eigenvalue weighted by Gasteiger charge is 2.46. The summed E-state index contributed by atoms with van der Waals surface area (Å²) < 4.78 is 6.30. The van der Waals surface area contributed by atoms with Crippen molar-refractivity contribution in [2.24, 2.45) is 0 Å². The maximum Gasteiger partial charge on any atom is 0.251 e. The summed E-state index contributed by atoms with van der Waals surface area (Å²) in [5.74, 6) is 0.0561. The number of hydrogen-bond donors (Lipinski definition) is 1. The van der Waals surface area contributed by atoms with E-state index in [1.54, 1.807) is 11.3 Å². The molecule has 0 saturated carbocycles. The molecule has 5 heteroatoms. The molecule has 1 aliphatic heterocycles. The van der Waals surface area contributed by atoms with Crippen molar-refractivity contribution >= 4 is 25.6 Å². The molecule has 1 aromatic heterocycles. The lowest BCUT2D eigenvalue weighted by atomic mass is 10.0. The van der Waals surface area contributed by atoms with E-state index >= 15 is 0 Å². The van der Waals surface area contributed by atoms with Gasteiger partial charge in [-0.05, 0) is 29.6 Å². The zero-order chi connectivity index (χ0) is 13.2. The maximum atomic E-state index is 11.8. The van der Waals surface area contributed by atoms with Gasteiger partial charge < -0.3 is 9.74 Å². The number of hydrogen-bond acceptors (Lipinski definition) is 3. The smallest absolute Gasteiger partial charge is 0.251 e. The molecule has 0 aromatic carbocycles. The summed E-state index contributed by atoms with van der Waals surface area (Å²) >= 11 is 1.68. The molecule has 2 rings (SSSR count). The van der Waals surface area contributed by atoms with Gasteiger partial charge in [-0.1, -0.05) is 26.8 Å². The van der Waals surface area contributed by atoms with E-state index in [-0.39, 0.29) is 18.1 Å². The van der Waals surface area contributed by atoms with Gasteiger partial charge in [0.2, 0.25) is 0 Å². The molecule has 2 atom stereocenters. The molecule has 18 heavy (non-hydrogen) atoms. The van der Waals surface area contributed by atoms with E-state index in [0.29, 0.717) is 0 Å². The average Bonchev–Trinajstić information content (AvgIpc) is 2.91. The molecule has 1 fully saturated rings. The van der Waals surface area contributed by atoms with E-state index in [9.17, 15) is 4.79 Å². The van der Waals surface area contributed by atoms with Crippen molar-refractivity contribution in [1.29, 1.82) is 0 Å². The Labute approximate surface area is 114 Å². The highest BCUT2D eigenvalue weighted by atomic mass is 32.1. The van der Waals surface area contributed by atoms with Crippen molar-refractivity contribution in [3.8, 4) is 0 Å². The number of β-lactam (4-membered cyclic amide) rings is 1. The molecule has 0 spiro atoms. The molecule has 1 aromatic rings. The molecule has 1 saturated heterocycles. The van der Waals surface area contributed by atoms with E-state index in [4.69, 9.17) is 4.43 Å². The molecule has 0 radical (unpaired) electrons. The SMILES string of the molecule is CC[Si](CC)(CC)O[C@H]1C(=O)N[C@H]1c1cccs1. The molecule has 0 unspecified atom stereocenters. The number of thiophene rings is 1. The van der Waals surface area contributed by atoms with Gasteiger partial charge in [-0.15, -0.1) is 11.3 Å². The van der Waals surface area contributed by atoms with E-state index in [0.717, 1.165) is 18.1 Å². The summed E-state index contributed by atoms with van der Waals surface area (Å²) in [6.45, 7) is 6.57. The predicted molar refractivity (Wildman–Crippen MR) is 77.3 cm³/mol. The summed E-state index contributed by atoms with van der Waals surface area (Å²) in [6.07, 6.45) is -0.254. The highest BCUT2D eigenvalue weighted by Crippen LogP contribution is 2.34. The Balaban J connectivity index is 2.09. The van der Waals surface area contributed by atoms with Crippen molar-refractivity contribution in [2.75, 3.05) is 0 Å². The molecular weight excluding hydrogens is 262 g/mol. The third-order valence-corrected chi connectivity index (χ3v) is 9.59. The Morgan fingerprint density at radius 2 is 2.00 bits per heavy atom. The lowest BCUT2D eigenvalue weighted by molar-refractivity contribution is -0.141. The minimum absolute atomic E-state index is 0.0561. The van der Waals surface area contributed by atoms with Crippen molar-refractivity contribution in [3.05, 3.63) is 22.4 Å². The number of rotatable bonds is 6. The first kappa shape index (κ1) is 13.8. The van der Waals surface area contributed by atoms with Gasteiger partial charge in [0.15, 0.2) is 8.32 Å². The lowest BCUT2D eigenvalue weighted by Gasteiger charge is -2.42. The second kappa shape index (κ2) is 5.55. The predicted octanol–water partition coefficient (Wildman–Crippen LogP) is 3.31. The first-order chi connectivity index (χ1) is 8.65. The van der Waals surface area contributed by atoms with Gasteiger partial charge in [0, 0.05) is 4.88 Å². The molecular formula is C13H21NO2SSi. The molecule has 0 bridgehead atoms. The Morgan fingerprint density at radius 3 is 2.44 bits per heavy atom. The van der Waals surface area contributed by atoms with Gasteiger partial charge in [0.25, 0.3) is 5.91 Å². The number of nitrogens with one attached hydrogen (secondary N) is 1. The topological polar surface area (TPSA) is 38.3 Å². The van der Waals surface area contributed by atoms with Gasteiger partial charge in [-0.2, -0.15) is 0 Å². The van der Waals surface area contributed by atoms with Crippen molar-refractivity contribution in [2.45, 2.75) is 51.0 Å². The number of carbonyl (C=O) groups is 1. The fraction of sp³-hybridized carbons (Fsp3) is 0.615. The molecule has 1 amide bonds. The quantitative estimate of drug-likeness (QED) is 0.642. The lowest BCUT2D eigenvalue weighted by Crippen LogP contribution is -2.60. The van der Waals surface area contributed by atoms with Gasteiger partial charge in [0.05, 0.1) is 6.04 Å². The normalized spacial score (nSPS) is 23.6. The summed E-state index contributed by atoms with van der Waals surface area (Å²) in [4.78, 5) is 13.0. The summed E-state index contributed by atoms with van der Waals surface area (Å²) in [5, 5.41) is 5.00. The zero-order valence-corrected chi connectivity index (χ0v) is 13.0. The van der Waals surface area contributed by atoms with Crippen LogP contribution < -0.4 is 5.32 Å². The fourth-order valence-electron chi connectivity index (χ4n) is 2.45. The number of amides is 1. The van der Waals surface area contributed by atoms with Crippen LogP contribution in [-0.2, 0) is 9.22 Å². The first-order valence-corrected chi connectivity index (χ1v) is 10.1. The van der Waals surface area contributed by atoms with Gasteiger partial charge in [-0.3, -0.25) is 4.79 Å². The molecule has 0 aliphatic carbocycles. The van der Waals surface area contributed by atoms with E-state index in [2.05, 4.69) is 32.2 Å². The van der Waals surface area contributed by atoms with Crippen LogP contribution in [0.3, 0.4) is 0 Å². The summed E-state index contributed by atoms with van der Waals surface area (Å²) in [5.41, 5.74) is 0. The minimum Gasteiger partial charge on any atom is -0.403 e. The van der Waals surface area contributed by atoms with Crippen LogP contribution in [0.1, 0.15) is 31.7 Å². The average molecular weight is 283 g/mol. The standard InChI is InChI=1S/C13H21NO2SSi/c1-4-18(5-2,6-3)16-12-11(14-13(12)15)10-8-7-9-17-10/h7-9,11-12H,4-6H2,1-3H3,(H,14,15)/t11-,12+/m0/s1. The Bertz CT molecular complexity index is 395. The highest BCUT2D eigenvalue weighted by molar-refractivity contribution is 7.10. The Kier molecular flexibility index (Phi) is 4.24. The van der Waals surface area contributed by atoms with Crippen LogP contribution in [0, 0.1) is 0 Å². The van der Waals surface area contributed by atoms with Crippen LogP contribution in [-0.4, -0.2) is 20.3 Å². The van der Waals surface area contributed by atoms with E-state index in [1.807, 2.05) is 11.4 Å². The van der Waals surface area contributed by atoms with Crippen LogP contribution in [0.4, 0.5) is 0 Å². The van der Waals surface area contributed by atoms with Gasteiger partial charge in [0.1, 0.15) is 6.10 Å². The van der Waals surface area contributed by atoms with Crippen LogP contribution in [0.15, 0.2) is 17.5 Å². The largest absolute Gasteiger partial charge is 0.403 e. The second-order valence-electron chi connectivity index (χ2n) is 4.78. The molecule has 1 aliphatic rings. The molecule has 100 valence electrons. The number of carbonyl (C=O) groups excluding carboxylic acids is 1. The maximum absolute atomic E-state index is 11.8. The monoisotopic (exact) mass is 283 g/mol. The van der Waals surface area contributed by atoms with Gasteiger partial charge in [-0.25, -0.2) is 0 Å². The van der Waals surface area contributed by atoms with Crippen molar-refractivity contribution in [3.63, 3.8) is 0 Å². The van der Waals surface area contributed by atoms with Crippen LogP contribution in [0.5, 0.6) is 0 Å². The fourth-order valence-corrected chi connectivity index (χ4v) is 6.03. The summed E-state index contributed by atoms with van der Waals surface area (Å²) in [7, 11) is -1.70. The molecule has 1 N–H and O–H groups in total. The third kappa shape index (κ3) is 2.39. The van der Waals surface area contributed by atoms with Crippen LogP contribution >= 0.6 is 11.3 Å². The van der Waals surface area contributed by atoms with Crippen LogP contribution in [0.2, 0.25) is 18.1 Å². The molecule has 3 nitrogen and oxygen atoms in total. The third-order valence-electron chi connectivity index (χ3n) is 4.02. The minimum atomic E-state index is -1.70. The van der Waals surface area contributed by atoms with E-state index < -0.39 is 8.32 Å². The van der Waals surface area contributed by atoms with Crippen molar-refractivity contribution in [1.82, 2.24) is 5.32 Å². The zero-order valence-electron chi connectivity index (χ0n) is 11.2. The Morgan fingerprint density at radius 1 is 1.33 bits per heavy atom. The van der Waals surface area contributed by atoms with E-state index in [1.165, 1.54) is 4.88 Å². The van der Waals surface area contributed by atoms with Crippen molar-refractivity contribution < 1.29 is 9.22 Å².